The van der Waals surface area contributed by atoms with Gasteiger partial charge in [-0.3, -0.25) is 4.79 Å². The monoisotopic (exact) mass is 415 g/mol. The third-order valence-corrected chi connectivity index (χ3v) is 5.89. The Morgan fingerprint density at radius 3 is 2.31 bits per heavy atom. The number of hydrogen-bond acceptors (Lipinski definition) is 8. The predicted molar refractivity (Wildman–Crippen MR) is 114 cm³/mol. The van der Waals surface area contributed by atoms with Gasteiger partial charge in [-0.2, -0.15) is 5.10 Å². The van der Waals surface area contributed by atoms with E-state index in [9.17, 15) is 4.79 Å². The minimum atomic E-state index is -0.301. The molecule has 1 aromatic heterocycles. The lowest BCUT2D eigenvalue weighted by Crippen LogP contribution is -2.36. The summed E-state index contributed by atoms with van der Waals surface area (Å²) in [5.74, 6) is -0.301. The molecular weight excluding hydrogens is 390 g/mol. The largest absolute Gasteiger partial charge is 0.378 e. The van der Waals surface area contributed by atoms with Crippen molar-refractivity contribution in [2.24, 2.45) is 5.10 Å². The molecule has 2 fully saturated rings. The molecule has 2 saturated heterocycles. The molecule has 0 unspecified atom stereocenters. The van der Waals surface area contributed by atoms with Crippen LogP contribution >= 0.6 is 11.3 Å². The molecule has 1 amide bonds. The number of morpholine rings is 2. The fourth-order valence-corrected chi connectivity index (χ4v) is 4.12. The lowest BCUT2D eigenvalue weighted by molar-refractivity contribution is 0.0950. The third-order valence-electron chi connectivity index (χ3n) is 4.99. The molecule has 0 saturated carbocycles. The van der Waals surface area contributed by atoms with Crippen LogP contribution in [-0.4, -0.2) is 69.2 Å². The molecule has 29 heavy (non-hydrogen) atoms. The number of nitrogens with zero attached hydrogens (tertiary/aromatic N) is 4. The molecule has 0 radical (unpaired) electrons. The van der Waals surface area contributed by atoms with Crippen molar-refractivity contribution in [3.05, 3.63) is 40.9 Å². The summed E-state index contributed by atoms with van der Waals surface area (Å²) < 4.78 is 10.8. The molecule has 1 N–H and O–H groups in total. The van der Waals surface area contributed by atoms with E-state index in [1.54, 1.807) is 5.38 Å². The standard InChI is InChI=1S/C20H25N5O3S/c1-15(16-2-4-17(5-3-16)24-6-10-27-11-7-24)22-23-19(26)18-14-29-20(21-18)25-8-12-28-13-9-25/h2-5,14H,6-13H2,1H3,(H,23,26). The summed E-state index contributed by atoms with van der Waals surface area (Å²) in [5.41, 5.74) is 5.89. The Morgan fingerprint density at radius 2 is 1.66 bits per heavy atom. The van der Waals surface area contributed by atoms with Gasteiger partial charge in [-0.1, -0.05) is 12.1 Å². The second-order valence-electron chi connectivity index (χ2n) is 6.90. The zero-order chi connectivity index (χ0) is 20.1. The van der Waals surface area contributed by atoms with Gasteiger partial charge >= 0.3 is 0 Å². The first-order chi connectivity index (χ1) is 14.2. The highest BCUT2D eigenvalue weighted by atomic mass is 32.1. The van der Waals surface area contributed by atoms with Gasteiger partial charge in [-0.15, -0.1) is 11.3 Å². The van der Waals surface area contributed by atoms with E-state index in [4.69, 9.17) is 9.47 Å². The van der Waals surface area contributed by atoms with Crippen molar-refractivity contribution in [2.75, 3.05) is 62.4 Å². The maximum absolute atomic E-state index is 12.4. The molecule has 8 nitrogen and oxygen atoms in total. The van der Waals surface area contributed by atoms with E-state index in [0.29, 0.717) is 18.9 Å². The van der Waals surface area contributed by atoms with E-state index in [-0.39, 0.29) is 5.91 Å². The number of amides is 1. The third kappa shape index (κ3) is 4.92. The molecule has 0 aliphatic carbocycles. The average Bonchev–Trinajstić information content (AvgIpc) is 3.29. The number of hydrogen-bond donors (Lipinski definition) is 1. The summed E-state index contributed by atoms with van der Waals surface area (Å²) in [5, 5.41) is 6.86. The highest BCUT2D eigenvalue weighted by Crippen LogP contribution is 2.21. The molecule has 2 aliphatic rings. The minimum Gasteiger partial charge on any atom is -0.378 e. The lowest BCUT2D eigenvalue weighted by Gasteiger charge is -2.28. The van der Waals surface area contributed by atoms with Gasteiger partial charge < -0.3 is 19.3 Å². The first kappa shape index (κ1) is 19.8. The van der Waals surface area contributed by atoms with Gasteiger partial charge in [-0.25, -0.2) is 10.4 Å². The van der Waals surface area contributed by atoms with Crippen molar-refractivity contribution in [1.29, 1.82) is 0 Å². The normalized spacial score (nSPS) is 18.0. The Bertz CT molecular complexity index is 855. The molecule has 9 heteroatoms. The molecule has 4 rings (SSSR count). The summed E-state index contributed by atoms with van der Waals surface area (Å²) in [6, 6.07) is 8.21. The number of rotatable bonds is 5. The van der Waals surface area contributed by atoms with Crippen LogP contribution in [0.25, 0.3) is 0 Å². The van der Waals surface area contributed by atoms with Crippen molar-refractivity contribution in [3.8, 4) is 0 Å². The predicted octanol–water partition coefficient (Wildman–Crippen LogP) is 1.97. The smallest absolute Gasteiger partial charge is 0.290 e. The van der Waals surface area contributed by atoms with Crippen LogP contribution in [0.5, 0.6) is 0 Å². The summed E-state index contributed by atoms with van der Waals surface area (Å²) in [6.45, 7) is 8.19. The maximum Gasteiger partial charge on any atom is 0.290 e. The highest BCUT2D eigenvalue weighted by molar-refractivity contribution is 7.13. The van der Waals surface area contributed by atoms with Crippen LogP contribution in [0.2, 0.25) is 0 Å². The van der Waals surface area contributed by atoms with Crippen molar-refractivity contribution in [1.82, 2.24) is 10.4 Å². The van der Waals surface area contributed by atoms with Crippen LogP contribution < -0.4 is 15.2 Å². The van der Waals surface area contributed by atoms with Crippen molar-refractivity contribution < 1.29 is 14.3 Å². The molecule has 154 valence electrons. The Morgan fingerprint density at radius 1 is 1.03 bits per heavy atom. The number of anilines is 2. The van der Waals surface area contributed by atoms with Gasteiger partial charge in [0.2, 0.25) is 0 Å². The van der Waals surface area contributed by atoms with Crippen LogP contribution in [0.15, 0.2) is 34.7 Å². The minimum absolute atomic E-state index is 0.301. The molecule has 1 aromatic carbocycles. The molecule has 2 aliphatic heterocycles. The van der Waals surface area contributed by atoms with Crippen LogP contribution in [0.4, 0.5) is 10.8 Å². The zero-order valence-electron chi connectivity index (χ0n) is 16.5. The van der Waals surface area contributed by atoms with E-state index in [1.165, 1.54) is 17.0 Å². The van der Waals surface area contributed by atoms with Crippen LogP contribution in [-0.2, 0) is 9.47 Å². The van der Waals surface area contributed by atoms with Gasteiger partial charge in [-0.05, 0) is 24.6 Å². The van der Waals surface area contributed by atoms with Gasteiger partial charge in [0.25, 0.3) is 5.91 Å². The van der Waals surface area contributed by atoms with Gasteiger partial charge in [0, 0.05) is 37.2 Å². The summed E-state index contributed by atoms with van der Waals surface area (Å²) >= 11 is 1.47. The first-order valence-corrected chi connectivity index (χ1v) is 10.6. The van der Waals surface area contributed by atoms with Crippen LogP contribution in [0.3, 0.4) is 0 Å². The van der Waals surface area contributed by atoms with Crippen LogP contribution in [0.1, 0.15) is 23.0 Å². The molecule has 0 atom stereocenters. The van der Waals surface area contributed by atoms with Crippen LogP contribution in [0, 0.1) is 0 Å². The maximum atomic E-state index is 12.4. The second-order valence-corrected chi connectivity index (χ2v) is 7.74. The first-order valence-electron chi connectivity index (χ1n) is 9.77. The van der Waals surface area contributed by atoms with E-state index in [1.807, 2.05) is 19.1 Å². The quantitative estimate of drug-likeness (QED) is 0.594. The Hall–Kier alpha value is -2.49. The van der Waals surface area contributed by atoms with Crippen molar-refractivity contribution in [3.63, 3.8) is 0 Å². The number of aromatic nitrogens is 1. The number of carbonyl (C=O) groups is 1. The lowest BCUT2D eigenvalue weighted by atomic mass is 10.1. The highest BCUT2D eigenvalue weighted by Gasteiger charge is 2.17. The SMILES string of the molecule is CC(=NNC(=O)c1csc(N2CCOCC2)n1)c1ccc(N2CCOCC2)cc1. The van der Waals surface area contributed by atoms with Crippen molar-refractivity contribution in [2.45, 2.75) is 6.92 Å². The summed E-state index contributed by atoms with van der Waals surface area (Å²) in [4.78, 5) is 21.3. The fourth-order valence-electron chi connectivity index (χ4n) is 3.26. The molecule has 0 bridgehead atoms. The molecule has 0 spiro atoms. The van der Waals surface area contributed by atoms with Gasteiger partial charge in [0.1, 0.15) is 5.69 Å². The van der Waals surface area contributed by atoms with E-state index < -0.39 is 0 Å². The number of carbonyl (C=O) groups excluding carboxylic acids is 1. The second kappa shape index (κ2) is 9.34. The van der Waals surface area contributed by atoms with Crippen molar-refractivity contribution >= 4 is 33.8 Å². The fraction of sp³-hybridized carbons (Fsp3) is 0.450. The number of nitrogens with one attached hydrogen (secondary N) is 1. The van der Waals surface area contributed by atoms with Gasteiger partial charge in [0.05, 0.1) is 32.1 Å². The molecular formula is C20H25N5O3S. The number of thiazole rings is 1. The summed E-state index contributed by atoms with van der Waals surface area (Å²) in [7, 11) is 0. The van der Waals surface area contributed by atoms with E-state index >= 15 is 0 Å². The van der Waals surface area contributed by atoms with E-state index in [2.05, 4.69) is 37.4 Å². The Kier molecular flexibility index (Phi) is 6.38. The topological polar surface area (TPSA) is 79.3 Å². The number of benzene rings is 1. The Labute approximate surface area is 174 Å². The zero-order valence-corrected chi connectivity index (χ0v) is 17.3. The average molecular weight is 416 g/mol. The summed E-state index contributed by atoms with van der Waals surface area (Å²) in [6.07, 6.45) is 0. The number of hydrazone groups is 1. The van der Waals surface area contributed by atoms with E-state index in [0.717, 1.165) is 55.8 Å². The molecule has 2 aromatic rings. The molecule has 3 heterocycles. The Balaban J connectivity index is 1.35. The number of ether oxygens (including phenoxy) is 2. The van der Waals surface area contributed by atoms with Gasteiger partial charge in [0.15, 0.2) is 5.13 Å².